The lowest BCUT2D eigenvalue weighted by Gasteiger charge is -1.99. The fourth-order valence-electron chi connectivity index (χ4n) is 1.55. The standard InChI is InChI=1S/C10H11N3O2/c1-13-8-4-6(5-11)2-3-7(8)12-9(13)10(14)15/h2-4H,5,11H2,1H3,(H,14,15). The average Bonchev–Trinajstić information content (AvgIpc) is 2.56. The SMILES string of the molecule is Cn1c(C(=O)O)nc2ccc(CN)cc21. The van der Waals surface area contributed by atoms with Crippen LogP contribution in [0.2, 0.25) is 0 Å². The topological polar surface area (TPSA) is 81.1 Å². The first kappa shape index (κ1) is 9.67. The van der Waals surface area contributed by atoms with Crippen molar-refractivity contribution in [2.45, 2.75) is 6.54 Å². The molecule has 0 atom stereocenters. The number of benzene rings is 1. The predicted molar refractivity (Wildman–Crippen MR) is 55.6 cm³/mol. The molecule has 1 heterocycles. The van der Waals surface area contributed by atoms with Gasteiger partial charge in [-0.2, -0.15) is 0 Å². The van der Waals surface area contributed by atoms with Gasteiger partial charge in [-0.05, 0) is 17.7 Å². The van der Waals surface area contributed by atoms with Crippen LogP contribution < -0.4 is 5.73 Å². The van der Waals surface area contributed by atoms with E-state index in [9.17, 15) is 4.79 Å². The summed E-state index contributed by atoms with van der Waals surface area (Å²) in [7, 11) is 1.68. The summed E-state index contributed by atoms with van der Waals surface area (Å²) in [5.41, 5.74) is 7.93. The first-order valence-electron chi connectivity index (χ1n) is 4.52. The minimum atomic E-state index is -1.03. The number of fused-ring (bicyclic) bond motifs is 1. The fraction of sp³-hybridized carbons (Fsp3) is 0.200. The number of carboxylic acids is 1. The van der Waals surface area contributed by atoms with Gasteiger partial charge in [0.1, 0.15) is 0 Å². The highest BCUT2D eigenvalue weighted by Gasteiger charge is 2.13. The highest BCUT2D eigenvalue weighted by Crippen LogP contribution is 2.16. The largest absolute Gasteiger partial charge is 0.475 e. The maximum atomic E-state index is 10.8. The first-order valence-corrected chi connectivity index (χ1v) is 4.52. The number of hydrogen-bond donors (Lipinski definition) is 2. The van der Waals surface area contributed by atoms with Crippen LogP contribution in [0.4, 0.5) is 0 Å². The third kappa shape index (κ3) is 1.46. The van der Waals surface area contributed by atoms with Gasteiger partial charge in [0.05, 0.1) is 11.0 Å². The molecule has 0 bridgehead atoms. The molecule has 0 aliphatic carbocycles. The number of rotatable bonds is 2. The van der Waals surface area contributed by atoms with Crippen molar-refractivity contribution in [1.29, 1.82) is 0 Å². The fourth-order valence-corrected chi connectivity index (χ4v) is 1.55. The number of carboxylic acid groups (broad SMARTS) is 1. The highest BCUT2D eigenvalue weighted by atomic mass is 16.4. The second kappa shape index (κ2) is 3.36. The number of aromatic carboxylic acids is 1. The molecular weight excluding hydrogens is 194 g/mol. The Morgan fingerprint density at radius 3 is 2.93 bits per heavy atom. The lowest BCUT2D eigenvalue weighted by molar-refractivity contribution is 0.0680. The minimum absolute atomic E-state index is 0.0409. The summed E-state index contributed by atoms with van der Waals surface area (Å²) < 4.78 is 1.55. The van der Waals surface area contributed by atoms with E-state index in [1.54, 1.807) is 17.7 Å². The van der Waals surface area contributed by atoms with Crippen LogP contribution in [0.15, 0.2) is 18.2 Å². The zero-order valence-electron chi connectivity index (χ0n) is 8.27. The number of carbonyl (C=O) groups is 1. The van der Waals surface area contributed by atoms with Crippen molar-refractivity contribution in [2.75, 3.05) is 0 Å². The molecule has 1 aromatic heterocycles. The number of nitrogens with two attached hydrogens (primary N) is 1. The Morgan fingerprint density at radius 2 is 2.33 bits per heavy atom. The molecular formula is C10H11N3O2. The quantitative estimate of drug-likeness (QED) is 0.757. The molecule has 0 fully saturated rings. The van der Waals surface area contributed by atoms with Gasteiger partial charge in [-0.1, -0.05) is 6.07 Å². The van der Waals surface area contributed by atoms with Gasteiger partial charge in [-0.25, -0.2) is 9.78 Å². The van der Waals surface area contributed by atoms with E-state index in [0.717, 1.165) is 11.1 Å². The minimum Gasteiger partial charge on any atom is -0.475 e. The Hall–Kier alpha value is -1.88. The van der Waals surface area contributed by atoms with E-state index in [-0.39, 0.29) is 5.82 Å². The van der Waals surface area contributed by atoms with Gasteiger partial charge in [0, 0.05) is 13.6 Å². The molecule has 0 radical (unpaired) electrons. The van der Waals surface area contributed by atoms with E-state index >= 15 is 0 Å². The van der Waals surface area contributed by atoms with Crippen molar-refractivity contribution in [3.8, 4) is 0 Å². The molecule has 0 spiro atoms. The van der Waals surface area contributed by atoms with Crippen LogP contribution in [0.5, 0.6) is 0 Å². The van der Waals surface area contributed by atoms with Crippen molar-refractivity contribution >= 4 is 17.0 Å². The highest BCUT2D eigenvalue weighted by molar-refractivity contribution is 5.89. The third-order valence-electron chi connectivity index (χ3n) is 2.37. The number of aromatic nitrogens is 2. The maximum absolute atomic E-state index is 10.8. The zero-order valence-corrected chi connectivity index (χ0v) is 8.27. The Morgan fingerprint density at radius 1 is 1.60 bits per heavy atom. The summed E-state index contributed by atoms with van der Waals surface area (Å²) in [6, 6.07) is 5.49. The van der Waals surface area contributed by atoms with Crippen LogP contribution in [0.3, 0.4) is 0 Å². The van der Waals surface area contributed by atoms with Crippen LogP contribution in [0.25, 0.3) is 11.0 Å². The second-order valence-corrected chi connectivity index (χ2v) is 3.33. The van der Waals surface area contributed by atoms with E-state index in [1.165, 1.54) is 0 Å². The van der Waals surface area contributed by atoms with Gasteiger partial charge in [0.15, 0.2) is 0 Å². The number of nitrogens with zero attached hydrogens (tertiary/aromatic N) is 2. The summed E-state index contributed by atoms with van der Waals surface area (Å²) in [4.78, 5) is 14.8. The monoisotopic (exact) mass is 205 g/mol. The molecule has 0 saturated heterocycles. The van der Waals surface area contributed by atoms with E-state index in [4.69, 9.17) is 10.8 Å². The van der Waals surface area contributed by atoms with Crippen molar-refractivity contribution in [1.82, 2.24) is 9.55 Å². The number of hydrogen-bond acceptors (Lipinski definition) is 3. The Balaban J connectivity index is 2.72. The smallest absolute Gasteiger partial charge is 0.372 e. The zero-order chi connectivity index (χ0) is 11.0. The van der Waals surface area contributed by atoms with Crippen LogP contribution in [0.1, 0.15) is 16.2 Å². The van der Waals surface area contributed by atoms with Crippen LogP contribution in [-0.4, -0.2) is 20.6 Å². The molecule has 1 aromatic carbocycles. The van der Waals surface area contributed by atoms with Gasteiger partial charge in [-0.3, -0.25) is 0 Å². The molecule has 0 saturated carbocycles. The van der Waals surface area contributed by atoms with E-state index in [0.29, 0.717) is 12.1 Å². The van der Waals surface area contributed by atoms with E-state index < -0.39 is 5.97 Å². The van der Waals surface area contributed by atoms with Gasteiger partial charge in [-0.15, -0.1) is 0 Å². The van der Waals surface area contributed by atoms with Crippen LogP contribution in [0, 0.1) is 0 Å². The maximum Gasteiger partial charge on any atom is 0.372 e. The summed E-state index contributed by atoms with van der Waals surface area (Å²) in [6.45, 7) is 0.434. The second-order valence-electron chi connectivity index (χ2n) is 3.33. The van der Waals surface area contributed by atoms with Crippen molar-refractivity contribution in [3.05, 3.63) is 29.6 Å². The summed E-state index contributed by atoms with van der Waals surface area (Å²) >= 11 is 0. The summed E-state index contributed by atoms with van der Waals surface area (Å²) in [5.74, 6) is -0.984. The molecule has 78 valence electrons. The molecule has 0 aliphatic heterocycles. The van der Waals surface area contributed by atoms with E-state index in [2.05, 4.69) is 4.98 Å². The lowest BCUT2D eigenvalue weighted by atomic mass is 10.2. The molecule has 3 N–H and O–H groups in total. The Labute approximate surface area is 86.1 Å². The molecule has 15 heavy (non-hydrogen) atoms. The number of aryl methyl sites for hydroxylation is 1. The molecule has 2 aromatic rings. The van der Waals surface area contributed by atoms with E-state index in [1.807, 2.05) is 12.1 Å². The van der Waals surface area contributed by atoms with Crippen molar-refractivity contribution < 1.29 is 9.90 Å². The Bertz CT molecular complexity index is 531. The number of imidazole rings is 1. The van der Waals surface area contributed by atoms with Crippen LogP contribution >= 0.6 is 0 Å². The first-order chi connectivity index (χ1) is 7.13. The van der Waals surface area contributed by atoms with Crippen molar-refractivity contribution in [3.63, 3.8) is 0 Å². The molecule has 5 heteroatoms. The molecule has 0 amide bonds. The summed E-state index contributed by atoms with van der Waals surface area (Å²) in [5, 5.41) is 8.89. The van der Waals surface area contributed by atoms with Crippen LogP contribution in [-0.2, 0) is 13.6 Å². The normalized spacial score (nSPS) is 10.8. The van der Waals surface area contributed by atoms with Gasteiger partial charge < -0.3 is 15.4 Å². The molecule has 0 aliphatic rings. The average molecular weight is 205 g/mol. The van der Waals surface area contributed by atoms with Gasteiger partial charge in [0.25, 0.3) is 0 Å². The molecule has 5 nitrogen and oxygen atoms in total. The third-order valence-corrected chi connectivity index (χ3v) is 2.37. The molecule has 2 rings (SSSR count). The van der Waals surface area contributed by atoms with Crippen molar-refractivity contribution in [2.24, 2.45) is 12.8 Å². The van der Waals surface area contributed by atoms with Gasteiger partial charge in [0.2, 0.25) is 5.82 Å². The summed E-state index contributed by atoms with van der Waals surface area (Å²) in [6.07, 6.45) is 0. The lowest BCUT2D eigenvalue weighted by Crippen LogP contribution is -2.05. The Kier molecular flexibility index (Phi) is 2.17. The predicted octanol–water partition coefficient (Wildman–Crippen LogP) is 0.730. The van der Waals surface area contributed by atoms with Gasteiger partial charge >= 0.3 is 5.97 Å². The molecule has 0 unspecified atom stereocenters.